The Morgan fingerprint density at radius 1 is 1.14 bits per heavy atom. The molecule has 1 amide bonds. The zero-order valence-electron chi connectivity index (χ0n) is 25.7. The van der Waals surface area contributed by atoms with E-state index < -0.39 is 0 Å². The summed E-state index contributed by atoms with van der Waals surface area (Å²) in [5, 5.41) is 4.33. The van der Waals surface area contributed by atoms with Crippen molar-refractivity contribution in [2.24, 2.45) is 0 Å². The average Bonchev–Trinajstić information content (AvgIpc) is 3.04. The number of aryl methyl sites for hydroxylation is 1. The minimum atomic E-state index is -0.0462. The highest BCUT2D eigenvalue weighted by molar-refractivity contribution is 6.00. The van der Waals surface area contributed by atoms with E-state index in [9.17, 15) is 4.79 Å². The second kappa shape index (κ2) is 11.9. The zero-order valence-corrected chi connectivity index (χ0v) is 25.7. The third-order valence-corrected chi connectivity index (χ3v) is 8.37. The van der Waals surface area contributed by atoms with Crippen molar-refractivity contribution in [2.75, 3.05) is 48.4 Å². The Bertz CT molecular complexity index is 1750. The number of piperazine rings is 1. The van der Waals surface area contributed by atoms with Crippen LogP contribution in [0.1, 0.15) is 30.9 Å². The van der Waals surface area contributed by atoms with E-state index in [1.165, 1.54) is 11.6 Å². The van der Waals surface area contributed by atoms with Crippen LogP contribution in [0, 0.1) is 6.92 Å². The van der Waals surface area contributed by atoms with Crippen molar-refractivity contribution in [2.45, 2.75) is 32.7 Å². The molecule has 1 fully saturated rings. The van der Waals surface area contributed by atoms with Gasteiger partial charge in [0.1, 0.15) is 30.3 Å². The minimum Gasteiger partial charge on any atom is -0.488 e. The normalized spacial score (nSPS) is 15.7. The van der Waals surface area contributed by atoms with Crippen molar-refractivity contribution >= 4 is 39.7 Å². The molecule has 1 atom stereocenters. The molecule has 6 rings (SSSR count). The van der Waals surface area contributed by atoms with Gasteiger partial charge in [0.05, 0.1) is 22.6 Å². The highest BCUT2D eigenvalue weighted by Crippen LogP contribution is 2.43. The first-order chi connectivity index (χ1) is 21.3. The number of hydrogen-bond acceptors (Lipinski definition) is 8. The lowest BCUT2D eigenvalue weighted by atomic mass is 10.00. The van der Waals surface area contributed by atoms with Crippen LogP contribution in [-0.2, 0) is 4.79 Å². The van der Waals surface area contributed by atoms with Crippen LogP contribution in [-0.4, -0.2) is 60.1 Å². The summed E-state index contributed by atoms with van der Waals surface area (Å²) in [6, 6.07) is 16.3. The number of carbonyl (C=O) groups excluding carboxylic acids is 1. The Kier molecular flexibility index (Phi) is 7.86. The van der Waals surface area contributed by atoms with E-state index in [1.807, 2.05) is 54.2 Å². The number of fused-ring (bicyclic) bond motifs is 5. The second-order valence-corrected chi connectivity index (χ2v) is 11.6. The Morgan fingerprint density at radius 3 is 2.73 bits per heavy atom. The number of aromatic nitrogens is 2. The van der Waals surface area contributed by atoms with Crippen LogP contribution in [0.25, 0.3) is 10.9 Å². The van der Waals surface area contributed by atoms with Crippen LogP contribution < -0.4 is 24.6 Å². The smallest absolute Gasteiger partial charge is 0.246 e. The van der Waals surface area contributed by atoms with Gasteiger partial charge in [-0.2, -0.15) is 0 Å². The predicted octanol–water partition coefficient (Wildman–Crippen LogP) is 6.77. The third-order valence-electron chi connectivity index (χ3n) is 8.37. The Balaban J connectivity index is 1.25. The number of hydrogen-bond donors (Lipinski definition) is 1. The average molecular weight is 591 g/mol. The third kappa shape index (κ3) is 5.41. The predicted molar refractivity (Wildman–Crippen MR) is 177 cm³/mol. The first-order valence-corrected chi connectivity index (χ1v) is 14.9. The number of benzene rings is 3. The molecular formula is C35H38N6O3. The molecule has 2 aliphatic rings. The van der Waals surface area contributed by atoms with E-state index in [1.54, 1.807) is 6.33 Å². The van der Waals surface area contributed by atoms with Crippen LogP contribution in [0.2, 0.25) is 0 Å². The molecule has 0 radical (unpaired) electrons. The summed E-state index contributed by atoms with van der Waals surface area (Å²) in [5.74, 6) is 3.28. The van der Waals surface area contributed by atoms with Gasteiger partial charge < -0.3 is 29.5 Å². The highest BCUT2D eigenvalue weighted by atomic mass is 16.5. The van der Waals surface area contributed by atoms with Crippen molar-refractivity contribution in [3.05, 3.63) is 91.4 Å². The number of amides is 1. The van der Waals surface area contributed by atoms with Crippen LogP contribution in [0.4, 0.5) is 22.9 Å². The first kappa shape index (κ1) is 29.0. The number of nitrogens with one attached hydrogen (secondary N) is 1. The molecule has 0 spiro atoms. The summed E-state index contributed by atoms with van der Waals surface area (Å²) >= 11 is 0. The number of anilines is 4. The van der Waals surface area contributed by atoms with Crippen molar-refractivity contribution < 1.29 is 14.3 Å². The molecule has 4 aromatic rings. The molecule has 3 heterocycles. The summed E-state index contributed by atoms with van der Waals surface area (Å²) in [4.78, 5) is 27.5. The Labute approximate surface area is 258 Å². The van der Waals surface area contributed by atoms with Gasteiger partial charge in [0.2, 0.25) is 5.91 Å². The zero-order chi connectivity index (χ0) is 31.0. The summed E-state index contributed by atoms with van der Waals surface area (Å²) in [7, 11) is 2.00. The van der Waals surface area contributed by atoms with Gasteiger partial charge in [0.25, 0.3) is 0 Å². The standard InChI is InChI=1S/C35H38N6O3/c1-7-32(42)40-15-16-41-25(19-40)20-43-34-30(41)13-11-28-33(34)35(37-21-36-28)38-24-9-14-31(23(5)17-24)44-26-10-12-29(39(6)8-2)27(18-26)22(3)4/h7-14,17-18,21-22,25H,1-2,15-16,19-20H2,3-6H3,(H,36,37,38). The number of rotatable bonds is 8. The number of ether oxygens (including phenoxy) is 2. The molecule has 1 N–H and O–H groups in total. The SMILES string of the molecule is C=CC(=O)N1CCN2c3ccc4ncnc(Nc5ccc(Oc6ccc(N(C)C=C)c(C(C)C)c6)c(C)c5)c4c3OCC2C1. The van der Waals surface area contributed by atoms with E-state index in [0.717, 1.165) is 57.3 Å². The van der Waals surface area contributed by atoms with E-state index in [-0.39, 0.29) is 11.9 Å². The Morgan fingerprint density at radius 2 is 1.98 bits per heavy atom. The summed E-state index contributed by atoms with van der Waals surface area (Å²) in [5.41, 5.74) is 5.96. The summed E-state index contributed by atoms with van der Waals surface area (Å²) in [6.45, 7) is 16.3. The van der Waals surface area contributed by atoms with Crippen molar-refractivity contribution in [1.82, 2.24) is 14.9 Å². The monoisotopic (exact) mass is 590 g/mol. The van der Waals surface area contributed by atoms with Gasteiger partial charge in [0, 0.05) is 38.1 Å². The van der Waals surface area contributed by atoms with E-state index >= 15 is 0 Å². The molecule has 2 aliphatic heterocycles. The molecule has 0 bridgehead atoms. The van der Waals surface area contributed by atoms with E-state index in [2.05, 4.69) is 71.5 Å². The topological polar surface area (TPSA) is 83.1 Å². The van der Waals surface area contributed by atoms with Gasteiger partial charge in [-0.05, 0) is 84.8 Å². The minimum absolute atomic E-state index is 0.0462. The lowest BCUT2D eigenvalue weighted by Gasteiger charge is -2.45. The summed E-state index contributed by atoms with van der Waals surface area (Å²) < 4.78 is 12.7. The lowest BCUT2D eigenvalue weighted by molar-refractivity contribution is -0.127. The molecule has 9 nitrogen and oxygen atoms in total. The quantitative estimate of drug-likeness (QED) is 0.225. The fourth-order valence-electron chi connectivity index (χ4n) is 5.99. The lowest BCUT2D eigenvalue weighted by Crippen LogP contribution is -2.58. The number of nitrogens with zero attached hydrogens (tertiary/aromatic N) is 5. The second-order valence-electron chi connectivity index (χ2n) is 11.6. The van der Waals surface area contributed by atoms with E-state index in [0.29, 0.717) is 31.4 Å². The maximum atomic E-state index is 12.2. The Hall–Kier alpha value is -5.05. The fraction of sp³-hybridized carbons (Fsp3) is 0.286. The van der Waals surface area contributed by atoms with Crippen molar-refractivity contribution in [3.8, 4) is 17.2 Å². The largest absolute Gasteiger partial charge is 0.488 e. The molecule has 0 aliphatic carbocycles. The fourth-order valence-corrected chi connectivity index (χ4v) is 5.99. The van der Waals surface area contributed by atoms with Crippen LogP contribution in [0.15, 0.2) is 80.3 Å². The van der Waals surface area contributed by atoms with Crippen molar-refractivity contribution in [1.29, 1.82) is 0 Å². The van der Waals surface area contributed by atoms with Gasteiger partial charge in [-0.25, -0.2) is 9.97 Å². The van der Waals surface area contributed by atoms with Gasteiger partial charge >= 0.3 is 0 Å². The maximum absolute atomic E-state index is 12.2. The highest BCUT2D eigenvalue weighted by Gasteiger charge is 2.35. The van der Waals surface area contributed by atoms with Crippen LogP contribution in [0.3, 0.4) is 0 Å². The van der Waals surface area contributed by atoms with Gasteiger partial charge in [-0.15, -0.1) is 0 Å². The molecule has 44 heavy (non-hydrogen) atoms. The molecule has 1 aromatic heterocycles. The number of carbonyl (C=O) groups is 1. The summed E-state index contributed by atoms with van der Waals surface area (Å²) in [6.07, 6.45) is 4.75. The molecule has 3 aromatic carbocycles. The van der Waals surface area contributed by atoms with Crippen LogP contribution >= 0.6 is 0 Å². The molecule has 1 saturated heterocycles. The van der Waals surface area contributed by atoms with Crippen LogP contribution in [0.5, 0.6) is 17.2 Å². The first-order valence-electron chi connectivity index (χ1n) is 14.9. The molecular weight excluding hydrogens is 552 g/mol. The maximum Gasteiger partial charge on any atom is 0.246 e. The molecule has 1 unspecified atom stereocenters. The van der Waals surface area contributed by atoms with Gasteiger partial charge in [-0.1, -0.05) is 27.0 Å². The van der Waals surface area contributed by atoms with Crippen molar-refractivity contribution in [3.63, 3.8) is 0 Å². The molecule has 9 heteroatoms. The molecule has 226 valence electrons. The molecule has 0 saturated carbocycles. The van der Waals surface area contributed by atoms with Gasteiger partial charge in [0.15, 0.2) is 5.75 Å². The van der Waals surface area contributed by atoms with Gasteiger partial charge in [-0.3, -0.25) is 4.79 Å². The van der Waals surface area contributed by atoms with E-state index in [4.69, 9.17) is 9.47 Å².